The van der Waals surface area contributed by atoms with Gasteiger partial charge >= 0.3 is 12.1 Å². The summed E-state index contributed by atoms with van der Waals surface area (Å²) in [6.45, 7) is 2.35. The second-order valence-electron chi connectivity index (χ2n) is 9.11. The van der Waals surface area contributed by atoms with E-state index >= 15 is 0 Å². The first kappa shape index (κ1) is 22.2. The van der Waals surface area contributed by atoms with Crippen LogP contribution in [0.4, 0.5) is 4.79 Å². The SMILES string of the molecule is CO[C@@]12[C@H](COC(N)=O)C3=C(C(OC(=O)c4ccccc4)=C(C)C4(OCCO4)C3=O)N1C[C@@H]1N[C@@H]12. The van der Waals surface area contributed by atoms with Crippen LogP contribution < -0.4 is 11.1 Å². The molecule has 3 fully saturated rings. The fourth-order valence-corrected chi connectivity index (χ4v) is 5.98. The lowest BCUT2D eigenvalue weighted by Crippen LogP contribution is -2.55. The molecule has 1 aliphatic carbocycles. The lowest BCUT2D eigenvalue weighted by atomic mass is 9.80. The summed E-state index contributed by atoms with van der Waals surface area (Å²) in [5.74, 6) is -3.30. The zero-order valence-corrected chi connectivity index (χ0v) is 19.2. The molecule has 3 N–H and O–H groups in total. The fraction of sp³-hybridized carbons (Fsp3) is 0.458. The molecule has 0 unspecified atom stereocenters. The van der Waals surface area contributed by atoms with Crippen molar-refractivity contribution in [3.63, 3.8) is 0 Å². The predicted molar refractivity (Wildman–Crippen MR) is 117 cm³/mol. The molecule has 0 aromatic heterocycles. The summed E-state index contributed by atoms with van der Waals surface area (Å²) in [5, 5.41) is 3.36. The van der Waals surface area contributed by atoms with Crippen LogP contribution in [-0.2, 0) is 28.5 Å². The Labute approximate surface area is 200 Å². The van der Waals surface area contributed by atoms with Crippen molar-refractivity contribution in [2.45, 2.75) is 30.5 Å². The molecular weight excluding hydrogens is 458 g/mol. The molecule has 5 aliphatic rings. The van der Waals surface area contributed by atoms with E-state index in [1.807, 2.05) is 4.90 Å². The first-order valence-electron chi connectivity index (χ1n) is 11.4. The van der Waals surface area contributed by atoms with Crippen molar-refractivity contribution in [2.75, 3.05) is 33.5 Å². The molecule has 1 spiro atoms. The molecule has 4 atom stereocenters. The summed E-state index contributed by atoms with van der Waals surface area (Å²) in [6.07, 6.45) is -0.969. The summed E-state index contributed by atoms with van der Waals surface area (Å²) >= 11 is 0. The van der Waals surface area contributed by atoms with Crippen LogP contribution in [0.1, 0.15) is 17.3 Å². The van der Waals surface area contributed by atoms with Gasteiger partial charge in [0.25, 0.3) is 5.79 Å². The summed E-state index contributed by atoms with van der Waals surface area (Å²) < 4.78 is 29.0. The molecule has 0 bridgehead atoms. The van der Waals surface area contributed by atoms with Crippen molar-refractivity contribution in [1.82, 2.24) is 10.2 Å². The monoisotopic (exact) mass is 483 g/mol. The number of fused-ring (bicyclic) bond motifs is 4. The number of carbonyl (C=O) groups is 3. The number of rotatable bonds is 5. The van der Waals surface area contributed by atoms with Crippen molar-refractivity contribution in [3.8, 4) is 0 Å². The van der Waals surface area contributed by atoms with Crippen molar-refractivity contribution < 1.29 is 38.1 Å². The minimum absolute atomic E-state index is 0.108. The Morgan fingerprint density at radius 2 is 1.94 bits per heavy atom. The number of nitrogens with zero attached hydrogens (tertiary/aromatic N) is 1. The number of ether oxygens (including phenoxy) is 5. The third-order valence-corrected chi connectivity index (χ3v) is 7.52. The Hall–Kier alpha value is -3.25. The molecule has 11 nitrogen and oxygen atoms in total. The van der Waals surface area contributed by atoms with Crippen molar-refractivity contribution in [2.24, 2.45) is 11.7 Å². The number of hydrogen-bond donors (Lipinski definition) is 2. The number of hydrogen-bond acceptors (Lipinski definition) is 10. The Balaban J connectivity index is 1.51. The molecule has 4 aliphatic heterocycles. The molecule has 11 heteroatoms. The molecule has 4 heterocycles. The maximum atomic E-state index is 14.1. The minimum Gasteiger partial charge on any atom is -0.449 e. The van der Waals surface area contributed by atoms with Gasteiger partial charge in [-0.25, -0.2) is 9.59 Å². The molecule has 1 aromatic rings. The number of Topliss-reactive ketones (excluding diaryl/α,β-unsaturated/α-hetero) is 1. The molecule has 0 saturated carbocycles. The quantitative estimate of drug-likeness (QED) is 0.446. The number of esters is 1. The minimum atomic E-state index is -1.73. The summed E-state index contributed by atoms with van der Waals surface area (Å²) in [4.78, 5) is 40.7. The topological polar surface area (TPSA) is 149 Å². The first-order valence-corrected chi connectivity index (χ1v) is 11.4. The maximum Gasteiger partial charge on any atom is 0.404 e. The van der Waals surface area contributed by atoms with Gasteiger partial charge in [0, 0.05) is 30.8 Å². The van der Waals surface area contributed by atoms with E-state index in [1.54, 1.807) is 44.4 Å². The van der Waals surface area contributed by atoms with E-state index in [0.717, 1.165) is 0 Å². The summed E-state index contributed by atoms with van der Waals surface area (Å²) in [5.41, 5.74) is 5.62. The Bertz CT molecular complexity index is 1190. The number of nitrogens with one attached hydrogen (secondary N) is 1. The Morgan fingerprint density at radius 3 is 2.60 bits per heavy atom. The van der Waals surface area contributed by atoms with Gasteiger partial charge in [0.15, 0.2) is 11.5 Å². The van der Waals surface area contributed by atoms with E-state index < -0.39 is 35.3 Å². The van der Waals surface area contributed by atoms with Gasteiger partial charge in [-0.05, 0) is 19.1 Å². The van der Waals surface area contributed by atoms with E-state index in [2.05, 4.69) is 5.32 Å². The summed E-state index contributed by atoms with van der Waals surface area (Å²) in [7, 11) is 1.54. The van der Waals surface area contributed by atoms with E-state index in [4.69, 9.17) is 29.4 Å². The van der Waals surface area contributed by atoms with Gasteiger partial charge in [0.1, 0.15) is 6.61 Å². The van der Waals surface area contributed by atoms with Gasteiger partial charge in [-0.1, -0.05) is 18.2 Å². The zero-order valence-electron chi connectivity index (χ0n) is 19.2. The van der Waals surface area contributed by atoms with Crippen molar-refractivity contribution in [1.29, 1.82) is 0 Å². The van der Waals surface area contributed by atoms with Crippen LogP contribution in [0.3, 0.4) is 0 Å². The highest BCUT2D eigenvalue weighted by molar-refractivity contribution is 6.07. The van der Waals surface area contributed by atoms with E-state index in [9.17, 15) is 14.4 Å². The van der Waals surface area contributed by atoms with Crippen LogP contribution in [0.2, 0.25) is 0 Å². The highest BCUT2D eigenvalue weighted by Crippen LogP contribution is 2.59. The zero-order chi connectivity index (χ0) is 24.5. The first-order chi connectivity index (χ1) is 16.8. The van der Waals surface area contributed by atoms with Crippen molar-refractivity contribution >= 4 is 17.8 Å². The maximum absolute atomic E-state index is 14.1. The molecule has 3 saturated heterocycles. The largest absolute Gasteiger partial charge is 0.449 e. The highest BCUT2D eigenvalue weighted by Gasteiger charge is 2.74. The van der Waals surface area contributed by atoms with Gasteiger partial charge in [-0.15, -0.1) is 0 Å². The predicted octanol–water partition coefficient (Wildman–Crippen LogP) is 0.421. The van der Waals surface area contributed by atoms with Crippen LogP contribution in [0.5, 0.6) is 0 Å². The second kappa shape index (κ2) is 7.62. The number of benzene rings is 1. The van der Waals surface area contributed by atoms with E-state index in [-0.39, 0.29) is 43.2 Å². The third-order valence-electron chi connectivity index (χ3n) is 7.52. The highest BCUT2D eigenvalue weighted by atomic mass is 16.7. The van der Waals surface area contributed by atoms with Crippen molar-refractivity contribution in [3.05, 3.63) is 58.5 Å². The molecule has 1 amide bonds. The second-order valence-corrected chi connectivity index (χ2v) is 9.11. The Morgan fingerprint density at radius 1 is 1.23 bits per heavy atom. The molecular formula is C24H25N3O8. The third kappa shape index (κ3) is 2.89. The number of nitrogens with two attached hydrogens (primary N) is 1. The van der Waals surface area contributed by atoms with Crippen LogP contribution in [0.25, 0.3) is 0 Å². The van der Waals surface area contributed by atoms with Gasteiger partial charge in [-0.3, -0.25) is 4.79 Å². The number of methoxy groups -OCH3 is 1. The fourth-order valence-electron chi connectivity index (χ4n) is 5.98. The van der Waals surface area contributed by atoms with Crippen LogP contribution in [-0.4, -0.2) is 79.8 Å². The van der Waals surface area contributed by atoms with Gasteiger partial charge in [0.05, 0.1) is 36.4 Å². The normalized spacial score (nSPS) is 32.0. The van der Waals surface area contributed by atoms with E-state index in [1.165, 1.54) is 0 Å². The number of ketones is 1. The molecule has 35 heavy (non-hydrogen) atoms. The lowest BCUT2D eigenvalue weighted by molar-refractivity contribution is -0.166. The smallest absolute Gasteiger partial charge is 0.404 e. The standard InChI is InChI=1S/C24H25N3O8/c1-12-18(35-21(29)13-6-4-3-5-7-13)17-16(20(28)24(12)33-8-9-34-24)14(11-32-22(25)30)23(31-2)19-15(26-19)10-27(17)23/h3-7,14-15,19,26H,8-11H2,1-2H3,(H2,25,30)/t14-,15+,19+,23-/m1/s1. The number of amides is 1. The van der Waals surface area contributed by atoms with E-state index in [0.29, 0.717) is 23.4 Å². The lowest BCUT2D eigenvalue weighted by Gasteiger charge is -2.40. The Kier molecular flexibility index (Phi) is 4.84. The molecule has 6 rings (SSSR count). The average Bonchev–Trinajstić information content (AvgIpc) is 3.22. The van der Waals surface area contributed by atoms with Gasteiger partial charge in [0.2, 0.25) is 5.78 Å². The van der Waals surface area contributed by atoms with Crippen LogP contribution in [0, 0.1) is 5.92 Å². The molecule has 0 radical (unpaired) electrons. The number of piperazine rings is 1. The summed E-state index contributed by atoms with van der Waals surface area (Å²) in [6, 6.07) is 8.54. The number of carbonyl (C=O) groups excluding carboxylic acids is 3. The van der Waals surface area contributed by atoms with Crippen LogP contribution >= 0.6 is 0 Å². The van der Waals surface area contributed by atoms with Gasteiger partial charge < -0.3 is 39.6 Å². The van der Waals surface area contributed by atoms with Crippen LogP contribution in [0.15, 0.2) is 52.9 Å². The molecule has 1 aromatic carbocycles. The van der Waals surface area contributed by atoms with Gasteiger partial charge in [-0.2, -0.15) is 0 Å². The number of primary amides is 1. The molecule has 184 valence electrons. The average molecular weight is 483 g/mol.